The highest BCUT2D eigenvalue weighted by Gasteiger charge is 2.33. The minimum Gasteiger partial charge on any atom is -0.507 e. The fourth-order valence-electron chi connectivity index (χ4n) is 9.64. The third-order valence-corrected chi connectivity index (χ3v) is 13.9. The summed E-state index contributed by atoms with van der Waals surface area (Å²) in [6, 6.07) is 13.9. The average Bonchev–Trinajstić information content (AvgIpc) is 3.19. The molecular formula is C62H94O4. The molecule has 0 amide bonds. The second kappa shape index (κ2) is 22.4. The lowest BCUT2D eigenvalue weighted by Crippen LogP contribution is -2.33. The van der Waals surface area contributed by atoms with E-state index in [0.29, 0.717) is 31.0 Å². The Bertz CT molecular complexity index is 1990. The zero-order chi connectivity index (χ0) is 50.2. The Hall–Kier alpha value is -4.05. The van der Waals surface area contributed by atoms with Crippen molar-refractivity contribution in [3.8, 4) is 5.75 Å². The monoisotopic (exact) mass is 903 g/mol. The van der Waals surface area contributed by atoms with Gasteiger partial charge in [0.05, 0.1) is 19.0 Å². The molecule has 0 saturated carbocycles. The second-order valence-electron chi connectivity index (χ2n) is 25.1. The number of ether oxygens (including phenoxy) is 2. The molecule has 4 nitrogen and oxygen atoms in total. The SMILES string of the molecule is C=C(CCc1cc(CC)c(C)c(C(C)(C)C)c1)CCC(CCC(=C)CCc1cc(C(C)(C)C)c(C)c(C(C)(C)C)c1)(COC=O)COC(=C)CCc1cc(C(C)(C)C)c(O)c(C(C)(C)C)c1. The van der Waals surface area contributed by atoms with Gasteiger partial charge in [0.25, 0.3) is 6.47 Å². The normalized spacial score (nSPS) is 13.6. The molecule has 0 aromatic heterocycles. The summed E-state index contributed by atoms with van der Waals surface area (Å²) in [7, 11) is 0. The molecule has 4 heteroatoms. The minimum absolute atomic E-state index is 0.0477. The predicted octanol–water partition coefficient (Wildman–Crippen LogP) is 16.6. The standard InChI is InChI=1S/C62H94O4/c1-22-50-33-47(34-51(45(50)5)57(7,8)9)26-23-42(2)29-31-62(39-65-41-63,32-30-43(3)24-27-48-35-52(58(10,11)12)46(6)53(36-48)59(13,14)15)40-66-44(4)25-28-49-37-54(60(16,17)18)56(64)55(38-49)61(19,20)21/h33-38,41,64H,2-4,22-32,39-40H2,1,5-21H3. The molecular weight excluding hydrogens is 809 g/mol. The fourth-order valence-corrected chi connectivity index (χ4v) is 9.64. The molecule has 3 aromatic carbocycles. The van der Waals surface area contributed by atoms with E-state index in [9.17, 15) is 9.90 Å². The lowest BCUT2D eigenvalue weighted by Gasteiger charge is -2.34. The van der Waals surface area contributed by atoms with Gasteiger partial charge in [0.15, 0.2) is 0 Å². The molecule has 0 heterocycles. The van der Waals surface area contributed by atoms with Crippen LogP contribution < -0.4 is 0 Å². The van der Waals surface area contributed by atoms with Gasteiger partial charge in [-0.05, 0) is 166 Å². The summed E-state index contributed by atoms with van der Waals surface area (Å²) < 4.78 is 12.3. The van der Waals surface area contributed by atoms with E-state index in [4.69, 9.17) is 9.47 Å². The summed E-state index contributed by atoms with van der Waals surface area (Å²) >= 11 is 0. The van der Waals surface area contributed by atoms with Gasteiger partial charge in [0, 0.05) is 11.8 Å². The first-order valence-electron chi connectivity index (χ1n) is 25.1. The van der Waals surface area contributed by atoms with Gasteiger partial charge in [-0.2, -0.15) is 0 Å². The van der Waals surface area contributed by atoms with Gasteiger partial charge in [-0.25, -0.2) is 0 Å². The van der Waals surface area contributed by atoms with E-state index >= 15 is 0 Å². The average molecular weight is 903 g/mol. The summed E-state index contributed by atoms with van der Waals surface area (Å²) in [4.78, 5) is 11.9. The van der Waals surface area contributed by atoms with Crippen molar-refractivity contribution in [1.82, 2.24) is 0 Å². The van der Waals surface area contributed by atoms with Gasteiger partial charge in [-0.3, -0.25) is 4.79 Å². The Morgan fingerprint density at radius 2 is 0.894 bits per heavy atom. The van der Waals surface area contributed by atoms with Crippen molar-refractivity contribution < 1.29 is 19.4 Å². The Kier molecular flexibility index (Phi) is 19.1. The lowest BCUT2D eigenvalue weighted by atomic mass is 9.75. The highest BCUT2D eigenvalue weighted by atomic mass is 16.5. The van der Waals surface area contributed by atoms with Crippen molar-refractivity contribution in [3.63, 3.8) is 0 Å². The number of aryl methyl sites for hydroxylation is 4. The Morgan fingerprint density at radius 3 is 1.27 bits per heavy atom. The molecule has 0 bridgehead atoms. The summed E-state index contributed by atoms with van der Waals surface area (Å²) in [6.07, 6.45) is 9.17. The summed E-state index contributed by atoms with van der Waals surface area (Å²) in [5.41, 5.74) is 15.9. The molecule has 1 N–H and O–H groups in total. The van der Waals surface area contributed by atoms with E-state index in [2.05, 4.69) is 181 Å². The minimum atomic E-state index is -0.464. The number of hydrogen-bond acceptors (Lipinski definition) is 4. The molecule has 1 atom stereocenters. The zero-order valence-corrected chi connectivity index (χ0v) is 45.5. The van der Waals surface area contributed by atoms with Crippen molar-refractivity contribution >= 4 is 6.47 Å². The van der Waals surface area contributed by atoms with Crippen LogP contribution in [-0.4, -0.2) is 24.8 Å². The first-order chi connectivity index (χ1) is 30.2. The number of phenolic OH excluding ortho intramolecular Hbond substituents is 1. The van der Waals surface area contributed by atoms with Crippen LogP contribution in [0.5, 0.6) is 5.75 Å². The highest BCUT2D eigenvalue weighted by molar-refractivity contribution is 5.50. The summed E-state index contributed by atoms with van der Waals surface area (Å²) in [6.45, 7) is 55.3. The predicted molar refractivity (Wildman–Crippen MR) is 285 cm³/mol. The van der Waals surface area contributed by atoms with Crippen molar-refractivity contribution in [1.29, 1.82) is 0 Å². The van der Waals surface area contributed by atoms with Crippen LogP contribution in [0.3, 0.4) is 0 Å². The van der Waals surface area contributed by atoms with Crippen LogP contribution in [0, 0.1) is 19.3 Å². The Labute approximate surface area is 405 Å². The van der Waals surface area contributed by atoms with Crippen molar-refractivity contribution in [2.75, 3.05) is 13.2 Å². The van der Waals surface area contributed by atoms with Crippen molar-refractivity contribution in [2.45, 2.75) is 222 Å². The number of carbonyl (C=O) groups excluding carboxylic acids is 1. The molecule has 3 rings (SSSR count). The topological polar surface area (TPSA) is 55.8 Å². The molecule has 66 heavy (non-hydrogen) atoms. The molecule has 0 saturated heterocycles. The summed E-state index contributed by atoms with van der Waals surface area (Å²) in [5.74, 6) is 1.09. The van der Waals surface area contributed by atoms with Crippen LogP contribution >= 0.6 is 0 Å². The van der Waals surface area contributed by atoms with E-state index in [0.717, 1.165) is 80.9 Å². The second-order valence-corrected chi connectivity index (χ2v) is 25.1. The molecule has 1 unspecified atom stereocenters. The quantitative estimate of drug-likeness (QED) is 0.0620. The molecule has 3 aromatic rings. The number of phenols is 1. The third-order valence-electron chi connectivity index (χ3n) is 13.9. The van der Waals surface area contributed by atoms with Crippen LogP contribution in [0.4, 0.5) is 0 Å². The molecule has 0 fully saturated rings. The van der Waals surface area contributed by atoms with Gasteiger partial charge < -0.3 is 14.6 Å². The van der Waals surface area contributed by atoms with E-state index in [1.807, 2.05) is 0 Å². The first kappa shape index (κ1) is 56.3. The number of carbonyl (C=O) groups is 1. The Morgan fingerprint density at radius 1 is 0.530 bits per heavy atom. The van der Waals surface area contributed by atoms with Crippen LogP contribution in [0.2, 0.25) is 0 Å². The maximum absolute atomic E-state index is 11.9. The van der Waals surface area contributed by atoms with Crippen LogP contribution in [0.1, 0.15) is 217 Å². The van der Waals surface area contributed by atoms with Crippen LogP contribution in [0.15, 0.2) is 73.0 Å². The summed E-state index contributed by atoms with van der Waals surface area (Å²) in [5, 5.41) is 11.3. The van der Waals surface area contributed by atoms with Gasteiger partial charge in [0.2, 0.25) is 0 Å². The number of hydrogen-bond donors (Lipinski definition) is 1. The number of benzene rings is 3. The van der Waals surface area contributed by atoms with Gasteiger partial charge in [0.1, 0.15) is 5.75 Å². The van der Waals surface area contributed by atoms with Crippen molar-refractivity contribution in [3.05, 3.63) is 134 Å². The van der Waals surface area contributed by atoms with Gasteiger partial charge in [-0.1, -0.05) is 178 Å². The van der Waals surface area contributed by atoms with Crippen LogP contribution in [-0.2, 0) is 67.0 Å². The van der Waals surface area contributed by atoms with Crippen LogP contribution in [0.25, 0.3) is 0 Å². The first-order valence-corrected chi connectivity index (χ1v) is 25.1. The van der Waals surface area contributed by atoms with E-state index in [1.54, 1.807) is 0 Å². The fraction of sp³-hybridized carbons (Fsp3) is 0.597. The molecule has 0 aliphatic rings. The molecule has 0 aliphatic heterocycles. The highest BCUT2D eigenvalue weighted by Crippen LogP contribution is 2.41. The third kappa shape index (κ3) is 16.0. The van der Waals surface area contributed by atoms with E-state index in [-0.39, 0.29) is 33.7 Å². The van der Waals surface area contributed by atoms with E-state index < -0.39 is 5.41 Å². The maximum Gasteiger partial charge on any atom is 0.293 e. The number of rotatable bonds is 22. The van der Waals surface area contributed by atoms with Gasteiger partial charge >= 0.3 is 0 Å². The molecule has 366 valence electrons. The zero-order valence-electron chi connectivity index (χ0n) is 45.5. The number of allylic oxidation sites excluding steroid dienone is 3. The number of aromatic hydroxyl groups is 1. The largest absolute Gasteiger partial charge is 0.507 e. The molecule has 0 spiro atoms. The molecule has 0 radical (unpaired) electrons. The lowest BCUT2D eigenvalue weighted by molar-refractivity contribution is -0.133. The molecule has 0 aliphatic carbocycles. The van der Waals surface area contributed by atoms with Gasteiger partial charge in [-0.15, -0.1) is 0 Å². The Balaban J connectivity index is 1.89. The maximum atomic E-state index is 11.9. The van der Waals surface area contributed by atoms with E-state index in [1.165, 1.54) is 55.7 Å². The smallest absolute Gasteiger partial charge is 0.293 e. The van der Waals surface area contributed by atoms with Crippen molar-refractivity contribution in [2.24, 2.45) is 5.41 Å².